The first-order valence-corrected chi connectivity index (χ1v) is 12.7. The van der Waals surface area contributed by atoms with Crippen LogP contribution in [0.15, 0.2) is 88.3 Å². The highest BCUT2D eigenvalue weighted by atomic mass is 19.1. The van der Waals surface area contributed by atoms with Gasteiger partial charge in [0.05, 0.1) is 23.8 Å². The number of hydrogen-bond donors (Lipinski definition) is 0. The highest BCUT2D eigenvalue weighted by Crippen LogP contribution is 2.18. The fraction of sp³-hybridized carbons (Fsp3) is 0.258. The molecule has 3 aromatic carbocycles. The van der Waals surface area contributed by atoms with Crippen LogP contribution >= 0.6 is 0 Å². The zero-order chi connectivity index (χ0) is 27.2. The van der Waals surface area contributed by atoms with Crippen LogP contribution in [0.5, 0.6) is 0 Å². The van der Waals surface area contributed by atoms with E-state index in [0.717, 1.165) is 5.56 Å². The molecule has 0 aliphatic heterocycles. The SMILES string of the molecule is CC[C@H](C)N(CC(=O)N(Cc1ccc(F)cc1)Cc1coc2ccccc2c1=O)C(=O)c1ccccc1C. The number of hydrogen-bond acceptors (Lipinski definition) is 4. The van der Waals surface area contributed by atoms with Gasteiger partial charge < -0.3 is 14.2 Å². The lowest BCUT2D eigenvalue weighted by Gasteiger charge is -2.31. The quantitative estimate of drug-likeness (QED) is 0.287. The highest BCUT2D eigenvalue weighted by Gasteiger charge is 2.27. The van der Waals surface area contributed by atoms with Gasteiger partial charge in [-0.15, -0.1) is 0 Å². The zero-order valence-electron chi connectivity index (χ0n) is 21.8. The minimum atomic E-state index is -0.381. The molecule has 7 heteroatoms. The van der Waals surface area contributed by atoms with Crippen molar-refractivity contribution in [2.24, 2.45) is 0 Å². The minimum Gasteiger partial charge on any atom is -0.464 e. The van der Waals surface area contributed by atoms with Gasteiger partial charge >= 0.3 is 0 Å². The summed E-state index contributed by atoms with van der Waals surface area (Å²) in [6, 6.07) is 19.9. The molecule has 1 atom stereocenters. The summed E-state index contributed by atoms with van der Waals surface area (Å²) < 4.78 is 19.2. The van der Waals surface area contributed by atoms with Crippen molar-refractivity contribution in [3.05, 3.63) is 117 Å². The van der Waals surface area contributed by atoms with E-state index in [1.54, 1.807) is 53.4 Å². The number of benzene rings is 3. The molecule has 0 bridgehead atoms. The number of rotatable bonds is 9. The molecule has 0 radical (unpaired) electrons. The van der Waals surface area contributed by atoms with Crippen molar-refractivity contribution in [2.45, 2.75) is 46.3 Å². The molecule has 196 valence electrons. The molecule has 6 nitrogen and oxygen atoms in total. The summed E-state index contributed by atoms with van der Waals surface area (Å²) in [5, 5.41) is 0.426. The van der Waals surface area contributed by atoms with Gasteiger partial charge in [-0.25, -0.2) is 4.39 Å². The van der Waals surface area contributed by atoms with Gasteiger partial charge in [0.2, 0.25) is 5.91 Å². The van der Waals surface area contributed by atoms with E-state index in [9.17, 15) is 18.8 Å². The monoisotopic (exact) mass is 514 g/mol. The van der Waals surface area contributed by atoms with Crippen molar-refractivity contribution in [1.29, 1.82) is 0 Å². The fourth-order valence-corrected chi connectivity index (χ4v) is 4.34. The molecule has 0 unspecified atom stereocenters. The molecule has 2 amide bonds. The summed E-state index contributed by atoms with van der Waals surface area (Å²) in [7, 11) is 0. The molecule has 4 aromatic rings. The third kappa shape index (κ3) is 5.99. The normalized spacial score (nSPS) is 11.8. The van der Waals surface area contributed by atoms with Crippen LogP contribution in [0.25, 0.3) is 11.0 Å². The van der Waals surface area contributed by atoms with Crippen molar-refractivity contribution >= 4 is 22.8 Å². The van der Waals surface area contributed by atoms with Crippen molar-refractivity contribution in [2.75, 3.05) is 6.54 Å². The van der Waals surface area contributed by atoms with Gasteiger partial charge in [-0.2, -0.15) is 0 Å². The van der Waals surface area contributed by atoms with Crippen LogP contribution in [0.4, 0.5) is 4.39 Å². The molecular weight excluding hydrogens is 483 g/mol. The van der Waals surface area contributed by atoms with E-state index in [4.69, 9.17) is 4.42 Å². The van der Waals surface area contributed by atoms with E-state index >= 15 is 0 Å². The average molecular weight is 515 g/mol. The van der Waals surface area contributed by atoms with Crippen LogP contribution in [-0.2, 0) is 17.9 Å². The number of carbonyl (C=O) groups excluding carboxylic acids is 2. The van der Waals surface area contributed by atoms with Gasteiger partial charge in [-0.3, -0.25) is 14.4 Å². The maximum atomic E-state index is 13.8. The smallest absolute Gasteiger partial charge is 0.254 e. The standard InChI is InChI=1S/C31H31FN2O4/c1-4-22(3)34(31(37)26-10-6-5-9-21(26)2)19-29(35)33(17-23-13-15-25(32)16-14-23)18-24-20-38-28-12-8-7-11-27(28)30(24)36/h5-16,20,22H,4,17-19H2,1-3H3/t22-/m0/s1. The Morgan fingerprint density at radius 3 is 2.34 bits per heavy atom. The van der Waals surface area contributed by atoms with Crippen molar-refractivity contribution < 1.29 is 18.4 Å². The maximum Gasteiger partial charge on any atom is 0.254 e. The summed E-state index contributed by atoms with van der Waals surface area (Å²) in [6.07, 6.45) is 2.04. The van der Waals surface area contributed by atoms with E-state index in [-0.39, 0.29) is 48.7 Å². The predicted molar refractivity (Wildman–Crippen MR) is 145 cm³/mol. The Kier molecular flexibility index (Phi) is 8.36. The molecular formula is C31H31FN2O4. The van der Waals surface area contributed by atoms with Crippen molar-refractivity contribution in [3.63, 3.8) is 0 Å². The van der Waals surface area contributed by atoms with Crippen molar-refractivity contribution in [1.82, 2.24) is 9.80 Å². The van der Waals surface area contributed by atoms with Gasteiger partial charge in [0.25, 0.3) is 5.91 Å². The van der Waals surface area contributed by atoms with Crippen LogP contribution < -0.4 is 5.43 Å². The first kappa shape index (κ1) is 26.8. The van der Waals surface area contributed by atoms with Gasteiger partial charge in [-0.1, -0.05) is 49.4 Å². The third-order valence-corrected chi connectivity index (χ3v) is 6.82. The molecule has 0 spiro atoms. The Bertz CT molecular complexity index is 1500. The second-order valence-corrected chi connectivity index (χ2v) is 9.47. The number of halogens is 1. The maximum absolute atomic E-state index is 13.8. The van der Waals surface area contributed by atoms with E-state index in [0.29, 0.717) is 34.1 Å². The Hall–Kier alpha value is -4.26. The van der Waals surface area contributed by atoms with Gasteiger partial charge in [-0.05, 0) is 61.7 Å². The summed E-state index contributed by atoms with van der Waals surface area (Å²) in [5.74, 6) is -0.935. The Morgan fingerprint density at radius 1 is 0.947 bits per heavy atom. The Balaban J connectivity index is 1.66. The largest absolute Gasteiger partial charge is 0.464 e. The number of aryl methyl sites for hydroxylation is 1. The molecule has 0 N–H and O–H groups in total. The van der Waals surface area contributed by atoms with E-state index in [1.165, 1.54) is 23.3 Å². The van der Waals surface area contributed by atoms with Gasteiger partial charge in [0.15, 0.2) is 5.43 Å². The molecule has 0 fully saturated rings. The minimum absolute atomic E-state index is 0.0176. The van der Waals surface area contributed by atoms with Crippen LogP contribution in [-0.4, -0.2) is 34.2 Å². The highest BCUT2D eigenvalue weighted by molar-refractivity contribution is 5.98. The summed E-state index contributed by atoms with van der Waals surface area (Å²) in [6.45, 7) is 5.69. The summed E-state index contributed by atoms with van der Waals surface area (Å²) >= 11 is 0. The van der Waals surface area contributed by atoms with Crippen molar-refractivity contribution in [3.8, 4) is 0 Å². The van der Waals surface area contributed by atoms with Crippen LogP contribution in [0.2, 0.25) is 0 Å². The third-order valence-electron chi connectivity index (χ3n) is 6.82. The fourth-order valence-electron chi connectivity index (χ4n) is 4.34. The molecule has 0 saturated carbocycles. The summed E-state index contributed by atoms with van der Waals surface area (Å²) in [4.78, 5) is 43.6. The lowest BCUT2D eigenvalue weighted by Crippen LogP contribution is -2.46. The molecule has 0 aliphatic carbocycles. The van der Waals surface area contributed by atoms with E-state index in [2.05, 4.69) is 0 Å². The molecule has 0 aliphatic rings. The summed E-state index contributed by atoms with van der Waals surface area (Å²) in [5.41, 5.74) is 2.63. The average Bonchev–Trinajstić information content (AvgIpc) is 2.93. The van der Waals surface area contributed by atoms with Crippen LogP contribution in [0, 0.1) is 12.7 Å². The van der Waals surface area contributed by atoms with E-state index < -0.39 is 0 Å². The van der Waals surface area contributed by atoms with Crippen LogP contribution in [0.1, 0.15) is 47.3 Å². The van der Waals surface area contributed by atoms with E-state index in [1.807, 2.05) is 32.9 Å². The number of nitrogens with zero attached hydrogens (tertiary/aromatic N) is 2. The molecule has 1 heterocycles. The van der Waals surface area contributed by atoms with Gasteiger partial charge in [0, 0.05) is 18.2 Å². The molecule has 0 saturated heterocycles. The first-order valence-electron chi connectivity index (χ1n) is 12.7. The molecule has 38 heavy (non-hydrogen) atoms. The predicted octanol–water partition coefficient (Wildman–Crippen LogP) is 5.71. The Labute approximate surface area is 221 Å². The number of para-hydroxylation sites is 1. The zero-order valence-corrected chi connectivity index (χ0v) is 21.8. The topological polar surface area (TPSA) is 70.8 Å². The number of amides is 2. The second-order valence-electron chi connectivity index (χ2n) is 9.47. The Morgan fingerprint density at radius 2 is 1.63 bits per heavy atom. The lowest BCUT2D eigenvalue weighted by molar-refractivity contribution is -0.133. The second kappa shape index (κ2) is 11.9. The number of fused-ring (bicyclic) bond motifs is 1. The first-order chi connectivity index (χ1) is 18.3. The number of carbonyl (C=O) groups is 2. The van der Waals surface area contributed by atoms with Gasteiger partial charge in [0.1, 0.15) is 17.9 Å². The molecule has 1 aromatic heterocycles. The molecule has 4 rings (SSSR count). The lowest BCUT2D eigenvalue weighted by atomic mass is 10.1. The van der Waals surface area contributed by atoms with Crippen LogP contribution in [0.3, 0.4) is 0 Å².